The highest BCUT2D eigenvalue weighted by Crippen LogP contribution is 2.24. The van der Waals surface area contributed by atoms with Crippen molar-refractivity contribution < 1.29 is 4.79 Å². The molecule has 2 amide bonds. The largest absolute Gasteiger partial charge is 0.333 e. The molecule has 1 saturated heterocycles. The third-order valence-corrected chi connectivity index (χ3v) is 1.42. The maximum atomic E-state index is 10.3. The van der Waals surface area contributed by atoms with Gasteiger partial charge < -0.3 is 10.6 Å². The Kier molecular flexibility index (Phi) is 4.66. The number of fused-ring (bicyclic) bond motifs is 1. The van der Waals surface area contributed by atoms with Crippen LogP contribution in [0.25, 0.3) is 0 Å². The maximum absolute atomic E-state index is 10.3. The van der Waals surface area contributed by atoms with Gasteiger partial charge in [-0.3, -0.25) is 0 Å². The van der Waals surface area contributed by atoms with Crippen molar-refractivity contribution in [1.29, 1.82) is 0 Å². The number of amides is 2. The van der Waals surface area contributed by atoms with Crippen molar-refractivity contribution >= 4 is 6.03 Å². The van der Waals surface area contributed by atoms with Gasteiger partial charge in [0, 0.05) is 0 Å². The monoisotopic (exact) mass is 158 g/mol. The zero-order valence-electron chi connectivity index (χ0n) is 7.77. The van der Waals surface area contributed by atoms with E-state index >= 15 is 0 Å². The van der Waals surface area contributed by atoms with Gasteiger partial charge in [-0.05, 0) is 6.42 Å². The molecule has 2 unspecified atom stereocenters. The Labute approximate surface area is 68.6 Å². The molecule has 0 radical (unpaired) electrons. The van der Waals surface area contributed by atoms with Crippen molar-refractivity contribution in [3.05, 3.63) is 0 Å². The standard InChI is InChI=1S/C4H6N2O.2C2H6/c7-4-5-2-1-3(2)6-4;2*1-2/h2-3H,1H2,(H2,5,6,7);2*1-2H3. The molecule has 0 spiro atoms. The van der Waals surface area contributed by atoms with Gasteiger partial charge in [-0.25, -0.2) is 4.79 Å². The van der Waals surface area contributed by atoms with Crippen molar-refractivity contribution in [3.63, 3.8) is 0 Å². The Morgan fingerprint density at radius 2 is 1.45 bits per heavy atom. The molecule has 2 rings (SSSR count). The van der Waals surface area contributed by atoms with Gasteiger partial charge in [0.1, 0.15) is 0 Å². The Morgan fingerprint density at radius 3 is 1.64 bits per heavy atom. The summed E-state index contributed by atoms with van der Waals surface area (Å²) in [6.45, 7) is 8.00. The van der Waals surface area contributed by atoms with Gasteiger partial charge in [-0.15, -0.1) is 0 Å². The lowest BCUT2D eigenvalue weighted by Crippen LogP contribution is -2.26. The predicted octanol–water partition coefficient (Wildman–Crippen LogP) is 1.49. The second-order valence-corrected chi connectivity index (χ2v) is 2.07. The van der Waals surface area contributed by atoms with Gasteiger partial charge in [0.2, 0.25) is 0 Å². The zero-order chi connectivity index (χ0) is 8.85. The van der Waals surface area contributed by atoms with E-state index in [1.54, 1.807) is 0 Å². The molecule has 1 heterocycles. The molecule has 11 heavy (non-hydrogen) atoms. The van der Waals surface area contributed by atoms with Crippen LogP contribution in [0.3, 0.4) is 0 Å². The first-order valence-electron chi connectivity index (χ1n) is 4.43. The molecule has 0 aromatic heterocycles. The molecule has 0 aromatic carbocycles. The summed E-state index contributed by atoms with van der Waals surface area (Å²) < 4.78 is 0. The maximum Gasteiger partial charge on any atom is 0.315 e. The number of urea groups is 1. The van der Waals surface area contributed by atoms with Crippen LogP contribution >= 0.6 is 0 Å². The van der Waals surface area contributed by atoms with Crippen molar-refractivity contribution in [1.82, 2.24) is 10.6 Å². The molecule has 2 fully saturated rings. The molecule has 0 aromatic rings. The average Bonchev–Trinajstić information content (AvgIpc) is 2.68. The molecule has 2 N–H and O–H groups in total. The zero-order valence-corrected chi connectivity index (χ0v) is 7.77. The lowest BCUT2D eigenvalue weighted by molar-refractivity contribution is 0.245. The molecule has 3 nitrogen and oxygen atoms in total. The van der Waals surface area contributed by atoms with Crippen LogP contribution in [0.15, 0.2) is 0 Å². The molecule has 1 aliphatic heterocycles. The fraction of sp³-hybridized carbons (Fsp3) is 0.875. The molecule has 66 valence electrons. The highest BCUT2D eigenvalue weighted by atomic mass is 16.2. The lowest BCUT2D eigenvalue weighted by Gasteiger charge is -1.90. The second-order valence-electron chi connectivity index (χ2n) is 2.07. The molecule has 2 aliphatic rings. The highest BCUT2D eigenvalue weighted by Gasteiger charge is 2.44. The summed E-state index contributed by atoms with van der Waals surface area (Å²) in [6, 6.07) is 0.959. The lowest BCUT2D eigenvalue weighted by atomic mass is 10.7. The van der Waals surface area contributed by atoms with E-state index in [-0.39, 0.29) is 6.03 Å². The van der Waals surface area contributed by atoms with E-state index in [4.69, 9.17) is 0 Å². The van der Waals surface area contributed by atoms with Crippen LogP contribution in [-0.2, 0) is 0 Å². The SMILES string of the molecule is CC.CC.O=C1NC2CC2N1. The van der Waals surface area contributed by atoms with E-state index < -0.39 is 0 Å². The Morgan fingerprint density at radius 1 is 1.09 bits per heavy atom. The van der Waals surface area contributed by atoms with Crippen LogP contribution in [-0.4, -0.2) is 18.1 Å². The minimum atomic E-state index is 0.00116. The van der Waals surface area contributed by atoms with Crippen LogP contribution in [0.2, 0.25) is 0 Å². The third-order valence-electron chi connectivity index (χ3n) is 1.42. The number of nitrogens with one attached hydrogen (secondary N) is 2. The molecular formula is C8H18N2O. The topological polar surface area (TPSA) is 41.1 Å². The highest BCUT2D eigenvalue weighted by molar-refractivity contribution is 5.79. The van der Waals surface area contributed by atoms with Crippen LogP contribution in [0, 0.1) is 0 Å². The molecule has 1 saturated carbocycles. The number of carbonyl (C=O) groups is 1. The van der Waals surface area contributed by atoms with Crippen LogP contribution in [0.4, 0.5) is 4.79 Å². The summed E-state index contributed by atoms with van der Waals surface area (Å²) in [5, 5.41) is 5.48. The molecule has 0 bridgehead atoms. The van der Waals surface area contributed by atoms with Gasteiger partial charge >= 0.3 is 6.03 Å². The summed E-state index contributed by atoms with van der Waals surface area (Å²) in [7, 11) is 0. The fourth-order valence-corrected chi connectivity index (χ4v) is 0.892. The van der Waals surface area contributed by atoms with Crippen LogP contribution in [0.1, 0.15) is 34.1 Å². The number of hydrogen-bond donors (Lipinski definition) is 2. The van der Waals surface area contributed by atoms with E-state index in [9.17, 15) is 4.79 Å². The van der Waals surface area contributed by atoms with Crippen molar-refractivity contribution in [2.45, 2.75) is 46.2 Å². The first kappa shape index (κ1) is 10.3. The third kappa shape index (κ3) is 2.78. The second kappa shape index (κ2) is 4.99. The summed E-state index contributed by atoms with van der Waals surface area (Å²) in [4.78, 5) is 10.3. The van der Waals surface area contributed by atoms with E-state index in [1.165, 1.54) is 0 Å². The Balaban J connectivity index is 0.000000222. The van der Waals surface area contributed by atoms with Crippen molar-refractivity contribution in [2.24, 2.45) is 0 Å². The van der Waals surface area contributed by atoms with Crippen molar-refractivity contribution in [3.8, 4) is 0 Å². The summed E-state index contributed by atoms with van der Waals surface area (Å²) in [5.74, 6) is 0. The number of hydrogen-bond acceptors (Lipinski definition) is 1. The predicted molar refractivity (Wildman–Crippen MR) is 46.6 cm³/mol. The fourth-order valence-electron chi connectivity index (χ4n) is 0.892. The van der Waals surface area contributed by atoms with E-state index in [2.05, 4.69) is 10.6 Å². The van der Waals surface area contributed by atoms with Crippen LogP contribution in [0.5, 0.6) is 0 Å². The number of rotatable bonds is 0. The van der Waals surface area contributed by atoms with Gasteiger partial charge in [-0.2, -0.15) is 0 Å². The van der Waals surface area contributed by atoms with Gasteiger partial charge in [0.25, 0.3) is 0 Å². The first-order chi connectivity index (χ1) is 5.36. The molecule has 3 heteroatoms. The van der Waals surface area contributed by atoms with Crippen LogP contribution < -0.4 is 10.6 Å². The average molecular weight is 158 g/mol. The quantitative estimate of drug-likeness (QED) is 0.551. The van der Waals surface area contributed by atoms with Gasteiger partial charge in [0.15, 0.2) is 0 Å². The number of carbonyl (C=O) groups excluding carboxylic acids is 1. The Hall–Kier alpha value is -0.730. The Bertz CT molecular complexity index is 113. The minimum Gasteiger partial charge on any atom is -0.333 e. The molecule has 1 aliphatic carbocycles. The smallest absolute Gasteiger partial charge is 0.315 e. The minimum absolute atomic E-state index is 0.00116. The van der Waals surface area contributed by atoms with Crippen molar-refractivity contribution in [2.75, 3.05) is 0 Å². The first-order valence-corrected chi connectivity index (χ1v) is 4.43. The van der Waals surface area contributed by atoms with E-state index in [0.717, 1.165) is 6.42 Å². The summed E-state index contributed by atoms with van der Waals surface area (Å²) in [6.07, 6.45) is 1.13. The molecular weight excluding hydrogens is 140 g/mol. The van der Waals surface area contributed by atoms with E-state index in [1.807, 2.05) is 27.7 Å². The summed E-state index contributed by atoms with van der Waals surface area (Å²) in [5.41, 5.74) is 0. The molecule has 2 atom stereocenters. The van der Waals surface area contributed by atoms with E-state index in [0.29, 0.717) is 12.1 Å². The summed E-state index contributed by atoms with van der Waals surface area (Å²) >= 11 is 0. The van der Waals surface area contributed by atoms with Gasteiger partial charge in [-0.1, -0.05) is 27.7 Å². The normalized spacial score (nSPS) is 29.3. The van der Waals surface area contributed by atoms with Gasteiger partial charge in [0.05, 0.1) is 12.1 Å².